The number of benzene rings is 1. The topological polar surface area (TPSA) is 36.2 Å². The van der Waals surface area contributed by atoms with Crippen molar-refractivity contribution in [1.82, 2.24) is 5.32 Å². The Bertz CT molecular complexity index is 822. The second kappa shape index (κ2) is 9.12. The Kier molecular flexibility index (Phi) is 7.14. The zero-order chi connectivity index (χ0) is 19.3. The number of Topliss-reactive ketones (excluding diaryl/α,β-unsaturated/α-hetero) is 1. The van der Waals surface area contributed by atoms with Gasteiger partial charge in [0.2, 0.25) is 5.78 Å². The summed E-state index contributed by atoms with van der Waals surface area (Å²) in [6.07, 6.45) is 5.35. The van der Waals surface area contributed by atoms with Crippen molar-refractivity contribution in [2.24, 2.45) is 0 Å². The van der Waals surface area contributed by atoms with E-state index in [9.17, 15) is 4.79 Å². The molecule has 2 aromatic rings. The fourth-order valence-corrected chi connectivity index (χ4v) is 2.98. The number of hydrogen-bond acceptors (Lipinski definition) is 3. The molecule has 0 radical (unpaired) electrons. The normalized spacial score (nSPS) is 11.5. The molecule has 0 saturated heterocycles. The molecule has 1 atom stereocenters. The van der Waals surface area contributed by atoms with E-state index in [1.165, 1.54) is 0 Å². The molecule has 1 N–H and O–H groups in total. The van der Waals surface area contributed by atoms with E-state index in [-0.39, 0.29) is 5.78 Å². The van der Waals surface area contributed by atoms with Crippen LogP contribution in [-0.4, -0.2) is 31.4 Å². The average molecular weight is 409 g/mol. The van der Waals surface area contributed by atoms with E-state index < -0.39 is 6.04 Å². The number of hydrogen-bond donors (Lipinski definition) is 1. The van der Waals surface area contributed by atoms with Gasteiger partial charge in [0.05, 0.1) is 10.0 Å². The summed E-state index contributed by atoms with van der Waals surface area (Å²) in [5.74, 6) is -0.173. The standard InChI is InChI=1S/C19H19Cl2N3OS/c1-4-9-22-19(26)17(24-10-7-14(8-11-24)23(2)3)18(25)13-5-6-15(20)16(21)12-13/h4-8,10-12,17H,1,9H2,2-3H3/p+1/t17-/m0/s1. The molecule has 0 unspecified atom stereocenters. The molecule has 0 spiro atoms. The minimum Gasteiger partial charge on any atom is -0.377 e. The van der Waals surface area contributed by atoms with Gasteiger partial charge in [-0.15, -0.1) is 6.58 Å². The van der Waals surface area contributed by atoms with Gasteiger partial charge >= 0.3 is 0 Å². The lowest BCUT2D eigenvalue weighted by atomic mass is 10.0. The van der Waals surface area contributed by atoms with E-state index in [1.54, 1.807) is 28.8 Å². The molecule has 7 heteroatoms. The lowest BCUT2D eigenvalue weighted by molar-refractivity contribution is -0.692. The molecule has 0 fully saturated rings. The number of thiocarbonyl (C=S) groups is 1. The van der Waals surface area contributed by atoms with Crippen molar-refractivity contribution in [3.05, 3.63) is 71.0 Å². The Morgan fingerprint density at radius 3 is 2.46 bits per heavy atom. The molecular formula is C19H20Cl2N3OS+. The zero-order valence-electron chi connectivity index (χ0n) is 14.6. The average Bonchev–Trinajstić information content (AvgIpc) is 2.62. The van der Waals surface area contributed by atoms with Crippen LogP contribution in [0.3, 0.4) is 0 Å². The van der Waals surface area contributed by atoms with Crippen LogP contribution in [0.1, 0.15) is 16.4 Å². The Hall–Kier alpha value is -1.95. The molecule has 0 aliphatic heterocycles. The van der Waals surface area contributed by atoms with Crippen molar-refractivity contribution >= 4 is 51.9 Å². The van der Waals surface area contributed by atoms with Crippen molar-refractivity contribution in [3.63, 3.8) is 0 Å². The summed E-state index contributed by atoms with van der Waals surface area (Å²) < 4.78 is 1.77. The van der Waals surface area contributed by atoms with Crippen molar-refractivity contribution in [2.75, 3.05) is 25.5 Å². The highest BCUT2D eigenvalue weighted by molar-refractivity contribution is 7.80. The number of ketones is 1. The van der Waals surface area contributed by atoms with Gasteiger partial charge in [-0.3, -0.25) is 4.79 Å². The molecule has 0 saturated carbocycles. The Balaban J connectivity index is 2.42. The first-order chi connectivity index (χ1) is 12.3. The molecule has 136 valence electrons. The predicted octanol–water partition coefficient (Wildman–Crippen LogP) is 3.87. The van der Waals surface area contributed by atoms with Gasteiger partial charge in [-0.1, -0.05) is 41.5 Å². The first kappa shape index (κ1) is 20.4. The molecule has 26 heavy (non-hydrogen) atoms. The van der Waals surface area contributed by atoms with Crippen molar-refractivity contribution in [1.29, 1.82) is 0 Å². The molecular weight excluding hydrogens is 389 g/mol. The lowest BCUT2D eigenvalue weighted by Crippen LogP contribution is -2.51. The van der Waals surface area contributed by atoms with E-state index in [4.69, 9.17) is 35.4 Å². The fourth-order valence-electron chi connectivity index (χ4n) is 2.37. The van der Waals surface area contributed by atoms with Gasteiger partial charge in [0, 0.05) is 44.0 Å². The fraction of sp³-hybridized carbons (Fsp3) is 0.211. The quantitative estimate of drug-likeness (QED) is 0.326. The highest BCUT2D eigenvalue weighted by Crippen LogP contribution is 2.24. The number of carbonyl (C=O) groups is 1. The highest BCUT2D eigenvalue weighted by atomic mass is 35.5. The molecule has 0 aliphatic rings. The summed E-state index contributed by atoms with van der Waals surface area (Å²) in [5.41, 5.74) is 1.46. The van der Waals surface area contributed by atoms with Gasteiger partial charge < -0.3 is 10.2 Å². The minimum absolute atomic E-state index is 0.173. The van der Waals surface area contributed by atoms with Crippen LogP contribution in [-0.2, 0) is 0 Å². The molecule has 0 bridgehead atoms. The van der Waals surface area contributed by atoms with Crippen molar-refractivity contribution in [2.45, 2.75) is 6.04 Å². The van der Waals surface area contributed by atoms with Crippen LogP contribution in [0.5, 0.6) is 0 Å². The Morgan fingerprint density at radius 1 is 1.27 bits per heavy atom. The summed E-state index contributed by atoms with van der Waals surface area (Å²) >= 11 is 17.5. The number of nitrogens with one attached hydrogen (secondary N) is 1. The number of halogens is 2. The summed E-state index contributed by atoms with van der Waals surface area (Å²) in [6.45, 7) is 4.14. The van der Waals surface area contributed by atoms with E-state index in [1.807, 2.05) is 43.5 Å². The van der Waals surface area contributed by atoms with Gasteiger partial charge in [-0.05, 0) is 18.2 Å². The predicted molar refractivity (Wildman–Crippen MR) is 112 cm³/mol. The number of pyridine rings is 1. The maximum absolute atomic E-state index is 13.1. The van der Waals surface area contributed by atoms with Crippen LogP contribution in [0.15, 0.2) is 55.4 Å². The van der Waals surface area contributed by atoms with Gasteiger partial charge in [0.1, 0.15) is 0 Å². The first-order valence-electron chi connectivity index (χ1n) is 7.91. The van der Waals surface area contributed by atoms with E-state index in [0.717, 1.165) is 5.69 Å². The maximum atomic E-state index is 13.1. The van der Waals surface area contributed by atoms with Gasteiger partial charge in [-0.25, -0.2) is 0 Å². The molecule has 1 heterocycles. The maximum Gasteiger partial charge on any atom is 0.270 e. The number of anilines is 1. The third kappa shape index (κ3) is 4.81. The molecule has 1 aromatic heterocycles. The molecule has 4 nitrogen and oxygen atoms in total. The van der Waals surface area contributed by atoms with E-state index >= 15 is 0 Å². The second-order valence-electron chi connectivity index (χ2n) is 5.83. The Labute approximate surface area is 169 Å². The first-order valence-corrected chi connectivity index (χ1v) is 9.07. The number of carbonyl (C=O) groups excluding carboxylic acids is 1. The highest BCUT2D eigenvalue weighted by Gasteiger charge is 2.33. The zero-order valence-corrected chi connectivity index (χ0v) is 16.9. The molecule has 2 rings (SSSR count). The van der Waals surface area contributed by atoms with Gasteiger partial charge in [-0.2, -0.15) is 4.57 Å². The van der Waals surface area contributed by atoms with Gasteiger partial charge in [0.25, 0.3) is 6.04 Å². The SMILES string of the molecule is C=CCNC(=S)[C@H](C(=O)c1ccc(Cl)c(Cl)c1)[n+]1ccc(N(C)C)cc1. The number of nitrogens with zero attached hydrogens (tertiary/aromatic N) is 2. The minimum atomic E-state index is -0.696. The van der Waals surface area contributed by atoms with Crippen LogP contribution in [0.25, 0.3) is 0 Å². The van der Waals surface area contributed by atoms with Crippen LogP contribution in [0.4, 0.5) is 5.69 Å². The smallest absolute Gasteiger partial charge is 0.270 e. The summed E-state index contributed by atoms with van der Waals surface area (Å²) in [7, 11) is 3.91. The summed E-state index contributed by atoms with van der Waals surface area (Å²) in [4.78, 5) is 15.5. The van der Waals surface area contributed by atoms with Gasteiger partial charge in [0.15, 0.2) is 17.4 Å². The largest absolute Gasteiger partial charge is 0.377 e. The molecule has 0 amide bonds. The van der Waals surface area contributed by atoms with Crippen LogP contribution in [0, 0.1) is 0 Å². The summed E-state index contributed by atoms with van der Waals surface area (Å²) in [5, 5.41) is 3.77. The second-order valence-corrected chi connectivity index (χ2v) is 7.08. The number of rotatable bonds is 7. The molecule has 0 aliphatic carbocycles. The summed E-state index contributed by atoms with van der Waals surface area (Å²) in [6, 6.07) is 7.96. The van der Waals surface area contributed by atoms with E-state index in [0.29, 0.717) is 27.1 Å². The van der Waals surface area contributed by atoms with Crippen LogP contribution >= 0.6 is 35.4 Å². The third-order valence-corrected chi connectivity index (χ3v) is 4.88. The lowest BCUT2D eigenvalue weighted by Gasteiger charge is -2.16. The van der Waals surface area contributed by atoms with E-state index in [2.05, 4.69) is 11.9 Å². The number of aromatic nitrogens is 1. The third-order valence-electron chi connectivity index (χ3n) is 3.77. The molecule has 1 aromatic carbocycles. The van der Waals surface area contributed by atoms with Crippen LogP contribution in [0.2, 0.25) is 10.0 Å². The monoisotopic (exact) mass is 408 g/mol. The van der Waals surface area contributed by atoms with Crippen molar-refractivity contribution in [3.8, 4) is 0 Å². The van der Waals surface area contributed by atoms with Crippen LogP contribution < -0.4 is 14.8 Å². The Morgan fingerprint density at radius 2 is 1.92 bits per heavy atom. The van der Waals surface area contributed by atoms with Crippen molar-refractivity contribution < 1.29 is 9.36 Å².